The van der Waals surface area contributed by atoms with Crippen LogP contribution in [0.3, 0.4) is 0 Å². The van der Waals surface area contributed by atoms with Crippen LogP contribution >= 0.6 is 0 Å². The van der Waals surface area contributed by atoms with Gasteiger partial charge in [-0.3, -0.25) is 0 Å². The van der Waals surface area contributed by atoms with E-state index in [1.807, 2.05) is 44.2 Å². The number of esters is 1. The quantitative estimate of drug-likeness (QED) is 0.609. The number of hydrogen-bond acceptors (Lipinski definition) is 7. The highest BCUT2D eigenvalue weighted by atomic mass is 16.5. The minimum Gasteiger partial charge on any atom is -0.493 e. The number of nitrogens with one attached hydrogen (secondary N) is 1. The second-order valence-electron chi connectivity index (χ2n) is 7.27. The number of ether oxygens (including phenoxy) is 3. The zero-order valence-corrected chi connectivity index (χ0v) is 17.9. The molecule has 0 fully saturated rings. The second kappa shape index (κ2) is 8.51. The largest absolute Gasteiger partial charge is 0.493 e. The number of rotatable bonds is 6. The van der Waals surface area contributed by atoms with E-state index in [-0.39, 0.29) is 0 Å². The number of carbonyl (C=O) groups excluding carboxylic acids is 1. The van der Waals surface area contributed by atoms with Gasteiger partial charge in [0, 0.05) is 5.70 Å². The van der Waals surface area contributed by atoms with Crippen LogP contribution in [-0.4, -0.2) is 35.0 Å². The molecule has 1 aliphatic heterocycles. The molecule has 31 heavy (non-hydrogen) atoms. The van der Waals surface area contributed by atoms with Gasteiger partial charge in [-0.2, -0.15) is 10.1 Å². The summed E-state index contributed by atoms with van der Waals surface area (Å²) < 4.78 is 18.3. The third kappa shape index (κ3) is 3.96. The molecule has 160 valence electrons. The van der Waals surface area contributed by atoms with Gasteiger partial charge in [0.1, 0.15) is 19.0 Å². The SMILES string of the molecule is COC(=O)C1=C(C)Nc2ncnn2C1c1ccc(OCc2ccc(C)cc2)c(OC)c1. The number of aryl methyl sites for hydroxylation is 1. The molecule has 0 spiro atoms. The third-order valence-electron chi connectivity index (χ3n) is 5.22. The summed E-state index contributed by atoms with van der Waals surface area (Å²) >= 11 is 0. The van der Waals surface area contributed by atoms with E-state index in [0.29, 0.717) is 35.3 Å². The van der Waals surface area contributed by atoms with Crippen molar-refractivity contribution in [3.8, 4) is 11.5 Å². The molecule has 0 saturated heterocycles. The normalized spacial score (nSPS) is 15.2. The van der Waals surface area contributed by atoms with Crippen LogP contribution in [0.25, 0.3) is 0 Å². The topological polar surface area (TPSA) is 87.5 Å². The van der Waals surface area contributed by atoms with Crippen LogP contribution in [0.4, 0.5) is 5.95 Å². The number of methoxy groups -OCH3 is 2. The number of nitrogens with zero attached hydrogens (tertiary/aromatic N) is 3. The molecular weight excluding hydrogens is 396 g/mol. The van der Waals surface area contributed by atoms with Crippen LogP contribution < -0.4 is 14.8 Å². The molecule has 1 atom stereocenters. The predicted octanol–water partition coefficient (Wildman–Crippen LogP) is 3.64. The summed E-state index contributed by atoms with van der Waals surface area (Å²) in [7, 11) is 2.95. The fraction of sp³-hybridized carbons (Fsp3) is 0.261. The van der Waals surface area contributed by atoms with E-state index in [1.54, 1.807) is 11.8 Å². The van der Waals surface area contributed by atoms with E-state index < -0.39 is 12.0 Å². The van der Waals surface area contributed by atoms with Gasteiger partial charge in [0.2, 0.25) is 5.95 Å². The van der Waals surface area contributed by atoms with Crippen LogP contribution in [0.2, 0.25) is 0 Å². The van der Waals surface area contributed by atoms with Gasteiger partial charge in [-0.1, -0.05) is 35.9 Å². The van der Waals surface area contributed by atoms with Gasteiger partial charge < -0.3 is 19.5 Å². The van der Waals surface area contributed by atoms with Gasteiger partial charge in [-0.05, 0) is 37.1 Å². The number of anilines is 1. The molecule has 4 rings (SSSR count). The van der Waals surface area contributed by atoms with Crippen molar-refractivity contribution in [1.29, 1.82) is 0 Å². The van der Waals surface area contributed by atoms with E-state index in [4.69, 9.17) is 14.2 Å². The first-order chi connectivity index (χ1) is 15.0. The molecule has 1 aromatic heterocycles. The Labute approximate surface area is 180 Å². The van der Waals surface area contributed by atoms with Gasteiger partial charge in [0.25, 0.3) is 0 Å². The van der Waals surface area contributed by atoms with Crippen molar-refractivity contribution in [2.45, 2.75) is 26.5 Å². The van der Waals surface area contributed by atoms with Crippen molar-refractivity contribution in [3.05, 3.63) is 76.8 Å². The molecule has 1 N–H and O–H groups in total. The number of hydrogen-bond donors (Lipinski definition) is 1. The van der Waals surface area contributed by atoms with Crippen molar-refractivity contribution in [1.82, 2.24) is 14.8 Å². The van der Waals surface area contributed by atoms with Crippen molar-refractivity contribution >= 4 is 11.9 Å². The van der Waals surface area contributed by atoms with Gasteiger partial charge in [0.15, 0.2) is 11.5 Å². The molecule has 2 aromatic carbocycles. The average Bonchev–Trinajstić information content (AvgIpc) is 3.25. The first-order valence-electron chi connectivity index (χ1n) is 9.83. The molecule has 0 amide bonds. The Kier molecular flexibility index (Phi) is 5.62. The number of fused-ring (bicyclic) bond motifs is 1. The monoisotopic (exact) mass is 420 g/mol. The Hall–Kier alpha value is -3.81. The molecule has 2 heterocycles. The number of aromatic nitrogens is 3. The molecule has 0 radical (unpaired) electrons. The average molecular weight is 420 g/mol. The molecule has 0 saturated carbocycles. The second-order valence-corrected chi connectivity index (χ2v) is 7.27. The molecular formula is C23H24N4O4. The Morgan fingerprint density at radius 2 is 1.87 bits per heavy atom. The Bertz CT molecular complexity index is 1130. The van der Waals surface area contributed by atoms with E-state index in [1.165, 1.54) is 19.0 Å². The van der Waals surface area contributed by atoms with Crippen LogP contribution in [-0.2, 0) is 16.1 Å². The van der Waals surface area contributed by atoms with Crippen LogP contribution in [0.15, 0.2) is 60.1 Å². The number of benzene rings is 2. The lowest BCUT2D eigenvalue weighted by Gasteiger charge is -2.28. The summed E-state index contributed by atoms with van der Waals surface area (Å²) in [5, 5.41) is 7.41. The molecule has 3 aromatic rings. The fourth-order valence-corrected chi connectivity index (χ4v) is 3.59. The van der Waals surface area contributed by atoms with E-state index in [0.717, 1.165) is 11.1 Å². The minimum absolute atomic E-state index is 0.420. The standard InChI is InChI=1S/C23H24N4O4/c1-14-5-7-16(8-6-14)12-31-18-10-9-17(11-19(18)29-3)21-20(22(28)30-4)15(2)26-23-24-13-25-27(21)23/h5-11,13,21H,12H2,1-4H3,(H,24,25,26). The van der Waals surface area contributed by atoms with Gasteiger partial charge in [0.05, 0.1) is 19.8 Å². The Balaban J connectivity index is 1.67. The summed E-state index contributed by atoms with van der Waals surface area (Å²) in [6.45, 7) is 4.28. The van der Waals surface area contributed by atoms with E-state index >= 15 is 0 Å². The van der Waals surface area contributed by atoms with Crippen LogP contribution in [0.1, 0.15) is 29.7 Å². The first-order valence-corrected chi connectivity index (χ1v) is 9.83. The molecule has 8 nitrogen and oxygen atoms in total. The van der Waals surface area contributed by atoms with Gasteiger partial charge >= 0.3 is 5.97 Å². The van der Waals surface area contributed by atoms with Crippen molar-refractivity contribution in [3.63, 3.8) is 0 Å². The molecule has 0 bridgehead atoms. The van der Waals surface area contributed by atoms with Crippen LogP contribution in [0.5, 0.6) is 11.5 Å². The van der Waals surface area contributed by atoms with Crippen LogP contribution in [0, 0.1) is 6.92 Å². The van der Waals surface area contributed by atoms with Gasteiger partial charge in [-0.15, -0.1) is 0 Å². The fourth-order valence-electron chi connectivity index (χ4n) is 3.59. The highest BCUT2D eigenvalue weighted by Gasteiger charge is 2.34. The first kappa shape index (κ1) is 20.5. The maximum Gasteiger partial charge on any atom is 0.338 e. The minimum atomic E-state index is -0.508. The maximum absolute atomic E-state index is 12.6. The smallest absolute Gasteiger partial charge is 0.338 e. The Morgan fingerprint density at radius 3 is 2.58 bits per heavy atom. The van der Waals surface area contributed by atoms with E-state index in [9.17, 15) is 4.79 Å². The zero-order chi connectivity index (χ0) is 22.0. The Morgan fingerprint density at radius 1 is 1.10 bits per heavy atom. The molecule has 8 heteroatoms. The summed E-state index contributed by atoms with van der Waals surface area (Å²) in [6, 6.07) is 13.2. The molecule has 1 aliphatic rings. The highest BCUT2D eigenvalue weighted by Crippen LogP contribution is 2.38. The lowest BCUT2D eigenvalue weighted by Crippen LogP contribution is -2.29. The van der Waals surface area contributed by atoms with Crippen molar-refractivity contribution in [2.75, 3.05) is 19.5 Å². The van der Waals surface area contributed by atoms with Crippen molar-refractivity contribution < 1.29 is 19.0 Å². The highest BCUT2D eigenvalue weighted by molar-refractivity contribution is 5.92. The lowest BCUT2D eigenvalue weighted by atomic mass is 9.95. The maximum atomic E-state index is 12.6. The number of carbonyl (C=O) groups is 1. The summed E-state index contributed by atoms with van der Waals surface area (Å²) in [5.41, 5.74) is 4.18. The lowest BCUT2D eigenvalue weighted by molar-refractivity contribution is -0.136. The zero-order valence-electron chi connectivity index (χ0n) is 17.9. The molecule has 1 unspecified atom stereocenters. The number of allylic oxidation sites excluding steroid dienone is 1. The summed E-state index contributed by atoms with van der Waals surface area (Å²) in [5.74, 6) is 1.29. The van der Waals surface area contributed by atoms with Gasteiger partial charge in [-0.25, -0.2) is 9.48 Å². The predicted molar refractivity (Wildman–Crippen MR) is 115 cm³/mol. The summed E-state index contributed by atoms with van der Waals surface area (Å²) in [4.78, 5) is 16.8. The van der Waals surface area contributed by atoms with Crippen molar-refractivity contribution in [2.24, 2.45) is 0 Å². The summed E-state index contributed by atoms with van der Waals surface area (Å²) in [6.07, 6.45) is 1.44. The van der Waals surface area contributed by atoms with E-state index in [2.05, 4.69) is 27.5 Å². The third-order valence-corrected chi connectivity index (χ3v) is 5.22. The molecule has 0 aliphatic carbocycles.